The molecular formula is C13H17N3O. The standard InChI is InChI=1S/C13H17N3O/c1-11(14)12-3-5-13(6-4-12)17-10-9-16-8-2-7-15-16/h2-8,11H,9-10,14H2,1H3/t11-/m0/s1. The number of ether oxygens (including phenoxy) is 1. The molecule has 1 atom stereocenters. The number of aromatic nitrogens is 2. The van der Waals surface area contributed by atoms with Gasteiger partial charge in [-0.15, -0.1) is 0 Å². The molecule has 0 amide bonds. The van der Waals surface area contributed by atoms with Crippen LogP contribution in [0.3, 0.4) is 0 Å². The summed E-state index contributed by atoms with van der Waals surface area (Å²) in [5.41, 5.74) is 6.89. The van der Waals surface area contributed by atoms with E-state index in [1.165, 1.54) is 0 Å². The summed E-state index contributed by atoms with van der Waals surface area (Å²) in [6, 6.07) is 9.84. The van der Waals surface area contributed by atoms with E-state index in [1.807, 2.05) is 48.1 Å². The van der Waals surface area contributed by atoms with Crippen LogP contribution in [0.2, 0.25) is 0 Å². The van der Waals surface area contributed by atoms with Gasteiger partial charge in [-0.3, -0.25) is 4.68 Å². The molecule has 2 rings (SSSR count). The van der Waals surface area contributed by atoms with Crippen LogP contribution < -0.4 is 10.5 Å². The Labute approximate surface area is 101 Å². The first-order valence-electron chi connectivity index (χ1n) is 5.71. The first-order chi connectivity index (χ1) is 8.25. The zero-order chi connectivity index (χ0) is 12.1. The fourth-order valence-electron chi connectivity index (χ4n) is 1.56. The minimum Gasteiger partial charge on any atom is -0.492 e. The van der Waals surface area contributed by atoms with Crippen molar-refractivity contribution in [3.63, 3.8) is 0 Å². The van der Waals surface area contributed by atoms with Crippen molar-refractivity contribution >= 4 is 0 Å². The maximum Gasteiger partial charge on any atom is 0.119 e. The van der Waals surface area contributed by atoms with Crippen molar-refractivity contribution in [2.24, 2.45) is 5.73 Å². The number of nitrogens with two attached hydrogens (primary N) is 1. The van der Waals surface area contributed by atoms with Gasteiger partial charge in [-0.25, -0.2) is 0 Å². The SMILES string of the molecule is C[C@H](N)c1ccc(OCCn2cccn2)cc1. The minimum atomic E-state index is 0.0631. The van der Waals surface area contributed by atoms with Crippen molar-refractivity contribution in [3.05, 3.63) is 48.3 Å². The predicted octanol–water partition coefficient (Wildman–Crippen LogP) is 1.98. The lowest BCUT2D eigenvalue weighted by atomic mass is 10.1. The van der Waals surface area contributed by atoms with E-state index in [-0.39, 0.29) is 6.04 Å². The van der Waals surface area contributed by atoms with Gasteiger partial charge in [0.2, 0.25) is 0 Å². The summed E-state index contributed by atoms with van der Waals surface area (Å²) >= 11 is 0. The zero-order valence-electron chi connectivity index (χ0n) is 9.91. The van der Waals surface area contributed by atoms with Gasteiger partial charge < -0.3 is 10.5 Å². The minimum absolute atomic E-state index is 0.0631. The molecule has 0 spiro atoms. The van der Waals surface area contributed by atoms with Gasteiger partial charge in [0.25, 0.3) is 0 Å². The molecule has 17 heavy (non-hydrogen) atoms. The van der Waals surface area contributed by atoms with E-state index >= 15 is 0 Å². The molecule has 4 heteroatoms. The summed E-state index contributed by atoms with van der Waals surface area (Å²) in [6.45, 7) is 3.33. The van der Waals surface area contributed by atoms with E-state index in [2.05, 4.69) is 5.10 Å². The Morgan fingerprint density at radius 3 is 2.71 bits per heavy atom. The first kappa shape index (κ1) is 11.7. The van der Waals surface area contributed by atoms with Gasteiger partial charge in [0, 0.05) is 18.4 Å². The highest BCUT2D eigenvalue weighted by molar-refractivity contribution is 5.28. The quantitative estimate of drug-likeness (QED) is 0.856. The van der Waals surface area contributed by atoms with E-state index < -0.39 is 0 Å². The van der Waals surface area contributed by atoms with Gasteiger partial charge in [-0.2, -0.15) is 5.10 Å². The largest absolute Gasteiger partial charge is 0.492 e. The fourth-order valence-corrected chi connectivity index (χ4v) is 1.56. The highest BCUT2D eigenvalue weighted by Gasteiger charge is 1.99. The van der Waals surface area contributed by atoms with Crippen LogP contribution in [-0.2, 0) is 6.54 Å². The molecule has 4 nitrogen and oxygen atoms in total. The lowest BCUT2D eigenvalue weighted by Crippen LogP contribution is -2.08. The number of rotatable bonds is 5. The Morgan fingerprint density at radius 1 is 1.35 bits per heavy atom. The summed E-state index contributed by atoms with van der Waals surface area (Å²) in [6.07, 6.45) is 3.68. The van der Waals surface area contributed by atoms with Crippen LogP contribution in [0, 0.1) is 0 Å². The molecule has 1 heterocycles. The molecule has 0 fully saturated rings. The van der Waals surface area contributed by atoms with Crippen LogP contribution in [-0.4, -0.2) is 16.4 Å². The summed E-state index contributed by atoms with van der Waals surface area (Å²) in [7, 11) is 0. The Hall–Kier alpha value is -1.81. The molecule has 0 aliphatic heterocycles. The van der Waals surface area contributed by atoms with Gasteiger partial charge in [-0.1, -0.05) is 12.1 Å². The maximum absolute atomic E-state index is 5.78. The molecule has 0 radical (unpaired) electrons. The maximum atomic E-state index is 5.78. The highest BCUT2D eigenvalue weighted by atomic mass is 16.5. The van der Waals surface area contributed by atoms with Crippen molar-refractivity contribution in [1.82, 2.24) is 9.78 Å². The topological polar surface area (TPSA) is 53.1 Å². The Morgan fingerprint density at radius 2 is 2.12 bits per heavy atom. The van der Waals surface area contributed by atoms with Gasteiger partial charge in [-0.05, 0) is 30.7 Å². The number of benzene rings is 1. The highest BCUT2D eigenvalue weighted by Crippen LogP contribution is 2.15. The summed E-state index contributed by atoms with van der Waals surface area (Å²) in [4.78, 5) is 0. The lowest BCUT2D eigenvalue weighted by molar-refractivity contribution is 0.291. The molecule has 2 aromatic rings. The molecule has 0 unspecified atom stereocenters. The molecule has 0 aliphatic carbocycles. The molecular weight excluding hydrogens is 214 g/mol. The van der Waals surface area contributed by atoms with Crippen molar-refractivity contribution in [2.75, 3.05) is 6.61 Å². The molecule has 1 aromatic carbocycles. The number of nitrogens with zero attached hydrogens (tertiary/aromatic N) is 2. The molecule has 2 N–H and O–H groups in total. The van der Waals surface area contributed by atoms with Crippen LogP contribution in [0.1, 0.15) is 18.5 Å². The van der Waals surface area contributed by atoms with Gasteiger partial charge >= 0.3 is 0 Å². The molecule has 0 bridgehead atoms. The Bertz CT molecular complexity index is 434. The first-order valence-corrected chi connectivity index (χ1v) is 5.71. The summed E-state index contributed by atoms with van der Waals surface area (Å²) < 4.78 is 7.46. The molecule has 0 aliphatic rings. The van der Waals surface area contributed by atoms with Crippen LogP contribution in [0.5, 0.6) is 5.75 Å². The average molecular weight is 231 g/mol. The van der Waals surface area contributed by atoms with Crippen LogP contribution >= 0.6 is 0 Å². The summed E-state index contributed by atoms with van der Waals surface area (Å²) in [5, 5.41) is 4.10. The van der Waals surface area contributed by atoms with E-state index in [1.54, 1.807) is 6.20 Å². The van der Waals surface area contributed by atoms with Gasteiger partial charge in [0.1, 0.15) is 12.4 Å². The van der Waals surface area contributed by atoms with Gasteiger partial charge in [0.15, 0.2) is 0 Å². The average Bonchev–Trinajstić information content (AvgIpc) is 2.83. The number of hydrogen-bond acceptors (Lipinski definition) is 3. The third-order valence-electron chi connectivity index (χ3n) is 2.55. The lowest BCUT2D eigenvalue weighted by Gasteiger charge is -2.09. The van der Waals surface area contributed by atoms with Crippen molar-refractivity contribution in [2.45, 2.75) is 19.5 Å². The molecule has 1 aromatic heterocycles. The Kier molecular flexibility index (Phi) is 3.77. The second kappa shape index (κ2) is 5.50. The van der Waals surface area contributed by atoms with Gasteiger partial charge in [0.05, 0.1) is 6.54 Å². The van der Waals surface area contributed by atoms with Crippen molar-refractivity contribution in [1.29, 1.82) is 0 Å². The van der Waals surface area contributed by atoms with Crippen LogP contribution in [0.25, 0.3) is 0 Å². The third-order valence-corrected chi connectivity index (χ3v) is 2.55. The Balaban J connectivity index is 1.83. The van der Waals surface area contributed by atoms with E-state index in [9.17, 15) is 0 Å². The molecule has 0 saturated carbocycles. The van der Waals surface area contributed by atoms with Crippen LogP contribution in [0.15, 0.2) is 42.7 Å². The van der Waals surface area contributed by atoms with E-state index in [0.717, 1.165) is 17.9 Å². The summed E-state index contributed by atoms with van der Waals surface area (Å²) in [5.74, 6) is 0.863. The van der Waals surface area contributed by atoms with E-state index in [4.69, 9.17) is 10.5 Å². The fraction of sp³-hybridized carbons (Fsp3) is 0.308. The molecule has 0 saturated heterocycles. The predicted molar refractivity (Wildman–Crippen MR) is 66.8 cm³/mol. The van der Waals surface area contributed by atoms with E-state index in [0.29, 0.717) is 6.61 Å². The smallest absolute Gasteiger partial charge is 0.119 e. The van der Waals surface area contributed by atoms with Crippen molar-refractivity contribution < 1.29 is 4.74 Å². The monoisotopic (exact) mass is 231 g/mol. The van der Waals surface area contributed by atoms with Crippen LogP contribution in [0.4, 0.5) is 0 Å². The van der Waals surface area contributed by atoms with Crippen molar-refractivity contribution in [3.8, 4) is 5.75 Å². The normalized spacial score (nSPS) is 12.4. The second-order valence-corrected chi connectivity index (χ2v) is 3.98. The number of hydrogen-bond donors (Lipinski definition) is 1. The molecule has 90 valence electrons. The second-order valence-electron chi connectivity index (χ2n) is 3.98. The zero-order valence-corrected chi connectivity index (χ0v) is 9.91. The third kappa shape index (κ3) is 3.32.